The van der Waals surface area contributed by atoms with Crippen LogP contribution >= 0.6 is 0 Å². The molecule has 0 atom stereocenters. The van der Waals surface area contributed by atoms with Crippen LogP contribution in [0.5, 0.6) is 5.75 Å². The first-order valence-corrected chi connectivity index (χ1v) is 5.62. The highest BCUT2D eigenvalue weighted by atomic mass is 16.5. The SMILES string of the molecule is Cc1ccccc1OCC(=O)N(C)C1CC1. The maximum absolute atomic E-state index is 11.7. The van der Waals surface area contributed by atoms with Gasteiger partial charge in [-0.1, -0.05) is 18.2 Å². The van der Waals surface area contributed by atoms with Crippen LogP contribution in [-0.2, 0) is 4.79 Å². The minimum atomic E-state index is 0.0609. The van der Waals surface area contributed by atoms with Gasteiger partial charge in [0.2, 0.25) is 0 Å². The largest absolute Gasteiger partial charge is 0.484 e. The second kappa shape index (κ2) is 4.56. The number of rotatable bonds is 4. The molecule has 3 heteroatoms. The first-order valence-electron chi connectivity index (χ1n) is 5.62. The molecule has 1 amide bonds. The molecule has 1 fully saturated rings. The number of hydrogen-bond acceptors (Lipinski definition) is 2. The maximum atomic E-state index is 11.7. The predicted octanol–water partition coefficient (Wildman–Crippen LogP) is 1.99. The van der Waals surface area contributed by atoms with Crippen LogP contribution in [0.3, 0.4) is 0 Å². The zero-order valence-corrected chi connectivity index (χ0v) is 9.77. The summed E-state index contributed by atoms with van der Waals surface area (Å²) in [5, 5.41) is 0. The van der Waals surface area contributed by atoms with Crippen molar-refractivity contribution in [1.82, 2.24) is 4.90 Å². The quantitative estimate of drug-likeness (QED) is 0.775. The van der Waals surface area contributed by atoms with Crippen molar-refractivity contribution in [2.45, 2.75) is 25.8 Å². The maximum Gasteiger partial charge on any atom is 0.260 e. The molecule has 1 aromatic carbocycles. The normalized spacial score (nSPS) is 14.6. The Hall–Kier alpha value is -1.51. The third-order valence-electron chi connectivity index (χ3n) is 2.93. The summed E-state index contributed by atoms with van der Waals surface area (Å²) >= 11 is 0. The summed E-state index contributed by atoms with van der Waals surface area (Å²) in [7, 11) is 1.85. The Morgan fingerprint density at radius 2 is 2.12 bits per heavy atom. The lowest BCUT2D eigenvalue weighted by atomic mass is 10.2. The van der Waals surface area contributed by atoms with E-state index in [2.05, 4.69) is 0 Å². The lowest BCUT2D eigenvalue weighted by molar-refractivity contribution is -0.132. The van der Waals surface area contributed by atoms with Gasteiger partial charge in [-0.15, -0.1) is 0 Å². The first-order chi connectivity index (χ1) is 7.68. The standard InChI is InChI=1S/C13H17NO2/c1-10-5-3-4-6-12(10)16-9-13(15)14(2)11-7-8-11/h3-6,11H,7-9H2,1-2H3. The number of amides is 1. The summed E-state index contributed by atoms with van der Waals surface area (Å²) in [4.78, 5) is 13.5. The fourth-order valence-corrected chi connectivity index (χ4v) is 1.63. The molecule has 1 aliphatic rings. The third kappa shape index (κ3) is 2.54. The minimum Gasteiger partial charge on any atom is -0.484 e. The van der Waals surface area contributed by atoms with Crippen LogP contribution in [0, 0.1) is 6.92 Å². The van der Waals surface area contributed by atoms with Crippen LogP contribution in [0.1, 0.15) is 18.4 Å². The van der Waals surface area contributed by atoms with Gasteiger partial charge in [0.15, 0.2) is 6.61 Å². The number of carbonyl (C=O) groups excluding carboxylic acids is 1. The molecule has 0 bridgehead atoms. The van der Waals surface area contributed by atoms with Gasteiger partial charge in [-0.05, 0) is 31.4 Å². The topological polar surface area (TPSA) is 29.5 Å². The molecule has 1 saturated carbocycles. The van der Waals surface area contributed by atoms with E-state index in [0.29, 0.717) is 6.04 Å². The molecule has 0 aliphatic heterocycles. The zero-order chi connectivity index (χ0) is 11.5. The number of aryl methyl sites for hydroxylation is 1. The highest BCUT2D eigenvalue weighted by molar-refractivity contribution is 5.78. The Morgan fingerprint density at radius 1 is 1.44 bits per heavy atom. The van der Waals surface area contributed by atoms with E-state index < -0.39 is 0 Å². The van der Waals surface area contributed by atoms with Crippen LogP contribution < -0.4 is 4.74 Å². The highest BCUT2D eigenvalue weighted by Gasteiger charge is 2.29. The molecule has 0 spiro atoms. The van der Waals surface area contributed by atoms with E-state index in [0.717, 1.165) is 24.2 Å². The van der Waals surface area contributed by atoms with E-state index in [9.17, 15) is 4.79 Å². The van der Waals surface area contributed by atoms with Gasteiger partial charge in [0, 0.05) is 13.1 Å². The van der Waals surface area contributed by atoms with Crippen molar-refractivity contribution >= 4 is 5.91 Å². The molecule has 1 aliphatic carbocycles. The molecule has 2 rings (SSSR count). The van der Waals surface area contributed by atoms with Crippen LogP contribution in [0.4, 0.5) is 0 Å². The molecule has 0 N–H and O–H groups in total. The van der Waals surface area contributed by atoms with Gasteiger partial charge in [-0.3, -0.25) is 4.79 Å². The number of ether oxygens (including phenoxy) is 1. The van der Waals surface area contributed by atoms with E-state index in [-0.39, 0.29) is 12.5 Å². The average Bonchev–Trinajstić information content (AvgIpc) is 3.10. The number of benzene rings is 1. The van der Waals surface area contributed by atoms with E-state index >= 15 is 0 Å². The fourth-order valence-electron chi connectivity index (χ4n) is 1.63. The van der Waals surface area contributed by atoms with Crippen LogP contribution in [0.2, 0.25) is 0 Å². The van der Waals surface area contributed by atoms with Crippen molar-refractivity contribution in [1.29, 1.82) is 0 Å². The summed E-state index contributed by atoms with van der Waals surface area (Å²) in [6.45, 7) is 2.11. The second-order valence-electron chi connectivity index (χ2n) is 4.29. The molecular formula is C13H17NO2. The Morgan fingerprint density at radius 3 is 2.75 bits per heavy atom. The minimum absolute atomic E-state index is 0.0609. The van der Waals surface area contributed by atoms with Crippen molar-refractivity contribution < 1.29 is 9.53 Å². The molecule has 0 aromatic heterocycles. The molecule has 0 unspecified atom stereocenters. The molecule has 16 heavy (non-hydrogen) atoms. The monoisotopic (exact) mass is 219 g/mol. The third-order valence-corrected chi connectivity index (χ3v) is 2.93. The lowest BCUT2D eigenvalue weighted by Gasteiger charge is -2.16. The molecule has 0 saturated heterocycles. The predicted molar refractivity (Wildman–Crippen MR) is 62.5 cm³/mol. The van der Waals surface area contributed by atoms with Gasteiger partial charge in [-0.2, -0.15) is 0 Å². The summed E-state index contributed by atoms with van der Waals surface area (Å²) in [5.74, 6) is 0.853. The van der Waals surface area contributed by atoms with Gasteiger partial charge < -0.3 is 9.64 Å². The molecule has 0 radical (unpaired) electrons. The van der Waals surface area contributed by atoms with Crippen molar-refractivity contribution in [3.63, 3.8) is 0 Å². The van der Waals surface area contributed by atoms with Crippen LogP contribution in [0.25, 0.3) is 0 Å². The Bertz CT molecular complexity index is 385. The van der Waals surface area contributed by atoms with Gasteiger partial charge in [0.25, 0.3) is 5.91 Å². The van der Waals surface area contributed by atoms with Gasteiger partial charge in [0.05, 0.1) is 0 Å². The van der Waals surface area contributed by atoms with Crippen molar-refractivity contribution in [3.8, 4) is 5.75 Å². The zero-order valence-electron chi connectivity index (χ0n) is 9.77. The summed E-state index contributed by atoms with van der Waals surface area (Å²) < 4.78 is 5.51. The Kier molecular flexibility index (Phi) is 3.13. The van der Waals surface area contributed by atoms with Gasteiger partial charge >= 0.3 is 0 Å². The van der Waals surface area contributed by atoms with E-state index in [1.165, 1.54) is 0 Å². The fraction of sp³-hybridized carbons (Fsp3) is 0.462. The molecule has 1 aromatic rings. The average molecular weight is 219 g/mol. The van der Waals surface area contributed by atoms with Gasteiger partial charge in [0.1, 0.15) is 5.75 Å². The van der Waals surface area contributed by atoms with E-state index in [1.54, 1.807) is 4.90 Å². The number of hydrogen-bond donors (Lipinski definition) is 0. The van der Waals surface area contributed by atoms with E-state index in [4.69, 9.17) is 4.74 Å². The second-order valence-corrected chi connectivity index (χ2v) is 4.29. The number of carbonyl (C=O) groups is 1. The molecular weight excluding hydrogens is 202 g/mol. The number of likely N-dealkylation sites (N-methyl/N-ethyl adjacent to an activating group) is 1. The molecule has 0 heterocycles. The summed E-state index contributed by atoms with van der Waals surface area (Å²) in [6.07, 6.45) is 2.26. The first kappa shape index (κ1) is 11.0. The van der Waals surface area contributed by atoms with Crippen LogP contribution in [0.15, 0.2) is 24.3 Å². The highest BCUT2D eigenvalue weighted by Crippen LogP contribution is 2.25. The van der Waals surface area contributed by atoms with Gasteiger partial charge in [-0.25, -0.2) is 0 Å². The molecule has 86 valence electrons. The Balaban J connectivity index is 1.87. The smallest absolute Gasteiger partial charge is 0.260 e. The lowest BCUT2D eigenvalue weighted by Crippen LogP contribution is -2.33. The number of para-hydroxylation sites is 1. The Labute approximate surface area is 96.0 Å². The molecule has 3 nitrogen and oxygen atoms in total. The van der Waals surface area contributed by atoms with Crippen molar-refractivity contribution in [2.75, 3.05) is 13.7 Å². The summed E-state index contributed by atoms with van der Waals surface area (Å²) in [6, 6.07) is 8.19. The van der Waals surface area contributed by atoms with Crippen LogP contribution in [-0.4, -0.2) is 30.5 Å². The van der Waals surface area contributed by atoms with Crippen molar-refractivity contribution in [2.24, 2.45) is 0 Å². The van der Waals surface area contributed by atoms with Crippen molar-refractivity contribution in [3.05, 3.63) is 29.8 Å². The summed E-state index contributed by atoms with van der Waals surface area (Å²) in [5.41, 5.74) is 1.06. The number of nitrogens with zero attached hydrogens (tertiary/aromatic N) is 1. The van der Waals surface area contributed by atoms with E-state index in [1.807, 2.05) is 38.2 Å².